The van der Waals surface area contributed by atoms with Gasteiger partial charge in [-0.25, -0.2) is 4.98 Å². The lowest BCUT2D eigenvalue weighted by Gasteiger charge is -1.96. The standard InChI is InChI=1S/C19H15N3S3/c1-3-7-14(8-4-1)11-12-17-21-22-19(24-17)25-18-20-16(13-23-18)15-9-5-2-6-10-15/h1-10,13H,11-12H2. The van der Waals surface area contributed by atoms with Crippen LogP contribution in [-0.2, 0) is 12.8 Å². The number of nitrogens with zero attached hydrogens (tertiary/aromatic N) is 3. The molecule has 6 heteroatoms. The fourth-order valence-electron chi connectivity index (χ4n) is 2.40. The Balaban J connectivity index is 1.39. The van der Waals surface area contributed by atoms with Gasteiger partial charge in [-0.15, -0.1) is 21.5 Å². The molecule has 2 heterocycles. The van der Waals surface area contributed by atoms with Crippen LogP contribution in [0.2, 0.25) is 0 Å². The highest BCUT2D eigenvalue weighted by atomic mass is 32.2. The van der Waals surface area contributed by atoms with Crippen molar-refractivity contribution in [1.82, 2.24) is 15.2 Å². The molecule has 0 amide bonds. The van der Waals surface area contributed by atoms with Crippen molar-refractivity contribution in [3.8, 4) is 11.3 Å². The molecule has 0 unspecified atom stereocenters. The molecule has 3 nitrogen and oxygen atoms in total. The molecule has 0 N–H and O–H groups in total. The average molecular weight is 382 g/mol. The molecule has 0 saturated heterocycles. The summed E-state index contributed by atoms with van der Waals surface area (Å²) in [5, 5.41) is 11.8. The summed E-state index contributed by atoms with van der Waals surface area (Å²) < 4.78 is 1.96. The fraction of sp³-hybridized carbons (Fsp3) is 0.105. The van der Waals surface area contributed by atoms with Gasteiger partial charge in [-0.3, -0.25) is 0 Å². The molecule has 0 aliphatic rings. The van der Waals surface area contributed by atoms with Crippen molar-refractivity contribution < 1.29 is 0 Å². The second-order valence-electron chi connectivity index (χ2n) is 5.41. The molecule has 4 aromatic rings. The minimum Gasteiger partial charge on any atom is -0.229 e. The van der Waals surface area contributed by atoms with Crippen LogP contribution < -0.4 is 0 Å². The van der Waals surface area contributed by atoms with Crippen molar-refractivity contribution in [3.05, 3.63) is 76.6 Å². The van der Waals surface area contributed by atoms with Gasteiger partial charge in [-0.05, 0) is 23.7 Å². The van der Waals surface area contributed by atoms with Crippen LogP contribution in [0.1, 0.15) is 10.6 Å². The molecule has 124 valence electrons. The maximum atomic E-state index is 4.70. The Morgan fingerprint density at radius 2 is 1.56 bits per heavy atom. The smallest absolute Gasteiger partial charge is 0.181 e. The van der Waals surface area contributed by atoms with Crippen molar-refractivity contribution in [3.63, 3.8) is 0 Å². The van der Waals surface area contributed by atoms with Crippen LogP contribution in [0.15, 0.2) is 74.7 Å². The van der Waals surface area contributed by atoms with Gasteiger partial charge in [0.15, 0.2) is 8.68 Å². The average Bonchev–Trinajstić information content (AvgIpc) is 3.32. The largest absolute Gasteiger partial charge is 0.229 e. The van der Waals surface area contributed by atoms with Crippen molar-refractivity contribution in [1.29, 1.82) is 0 Å². The van der Waals surface area contributed by atoms with Crippen LogP contribution in [0, 0.1) is 0 Å². The van der Waals surface area contributed by atoms with E-state index >= 15 is 0 Å². The molecule has 0 radical (unpaired) electrons. The lowest BCUT2D eigenvalue weighted by atomic mass is 10.1. The van der Waals surface area contributed by atoms with E-state index in [1.807, 2.05) is 24.3 Å². The van der Waals surface area contributed by atoms with Crippen molar-refractivity contribution >= 4 is 34.4 Å². The van der Waals surface area contributed by atoms with Crippen LogP contribution in [0.3, 0.4) is 0 Å². The number of rotatable bonds is 6. The normalized spacial score (nSPS) is 10.9. The Hall–Kier alpha value is -2.02. The number of hydrogen-bond donors (Lipinski definition) is 0. The first-order valence-electron chi connectivity index (χ1n) is 7.92. The Labute approximate surface area is 158 Å². The molecule has 0 fully saturated rings. The highest BCUT2D eigenvalue weighted by Crippen LogP contribution is 2.34. The molecule has 2 aromatic carbocycles. The summed E-state index contributed by atoms with van der Waals surface area (Å²) >= 11 is 4.91. The fourth-order valence-corrected chi connectivity index (χ4v) is 5.32. The van der Waals surface area contributed by atoms with E-state index in [1.165, 1.54) is 5.56 Å². The van der Waals surface area contributed by atoms with E-state index < -0.39 is 0 Å². The van der Waals surface area contributed by atoms with Crippen LogP contribution in [0.25, 0.3) is 11.3 Å². The third kappa shape index (κ3) is 4.34. The van der Waals surface area contributed by atoms with E-state index in [0.29, 0.717) is 0 Å². The second kappa shape index (κ2) is 7.91. The maximum Gasteiger partial charge on any atom is 0.181 e. The molecular formula is C19H15N3S3. The molecule has 0 aliphatic heterocycles. The maximum absolute atomic E-state index is 4.70. The molecule has 0 aliphatic carbocycles. The Morgan fingerprint density at radius 3 is 2.36 bits per heavy atom. The zero-order valence-corrected chi connectivity index (χ0v) is 15.8. The molecule has 25 heavy (non-hydrogen) atoms. The summed E-state index contributed by atoms with van der Waals surface area (Å²) in [5.74, 6) is 0. The van der Waals surface area contributed by atoms with Crippen molar-refractivity contribution in [2.45, 2.75) is 21.5 Å². The molecule has 4 rings (SSSR count). The van der Waals surface area contributed by atoms with E-state index in [2.05, 4.69) is 52.0 Å². The van der Waals surface area contributed by atoms with Gasteiger partial charge in [0.05, 0.1) is 5.69 Å². The first-order valence-corrected chi connectivity index (χ1v) is 10.4. The van der Waals surface area contributed by atoms with E-state index in [-0.39, 0.29) is 0 Å². The zero-order valence-electron chi connectivity index (χ0n) is 13.3. The van der Waals surface area contributed by atoms with E-state index in [9.17, 15) is 0 Å². The van der Waals surface area contributed by atoms with E-state index in [0.717, 1.165) is 37.8 Å². The quantitative estimate of drug-likeness (QED) is 0.436. The molecule has 0 saturated carbocycles. The van der Waals surface area contributed by atoms with E-state index in [1.54, 1.807) is 34.4 Å². The lowest BCUT2D eigenvalue weighted by molar-refractivity contribution is 0.888. The van der Waals surface area contributed by atoms with Gasteiger partial charge in [0.2, 0.25) is 0 Å². The molecule has 0 atom stereocenters. The van der Waals surface area contributed by atoms with E-state index in [4.69, 9.17) is 4.98 Å². The lowest BCUT2D eigenvalue weighted by Crippen LogP contribution is -1.89. The zero-order chi connectivity index (χ0) is 16.9. The molecular weight excluding hydrogens is 366 g/mol. The number of aryl methyl sites for hydroxylation is 2. The summed E-state index contributed by atoms with van der Waals surface area (Å²) in [5.41, 5.74) is 3.49. The highest BCUT2D eigenvalue weighted by molar-refractivity contribution is 8.02. The SMILES string of the molecule is c1ccc(CCc2nnc(Sc3nc(-c4ccccc4)cs3)s2)cc1. The van der Waals surface area contributed by atoms with Gasteiger partial charge in [-0.2, -0.15) is 0 Å². The summed E-state index contributed by atoms with van der Waals surface area (Å²) in [6.45, 7) is 0. The number of hydrogen-bond acceptors (Lipinski definition) is 6. The monoisotopic (exact) mass is 381 g/mol. The van der Waals surface area contributed by atoms with Gasteiger partial charge >= 0.3 is 0 Å². The van der Waals surface area contributed by atoms with Crippen LogP contribution >= 0.6 is 34.4 Å². The molecule has 0 spiro atoms. The minimum absolute atomic E-state index is 0.926. The predicted octanol–water partition coefficient (Wildman–Crippen LogP) is 5.60. The Bertz CT molecular complexity index is 933. The summed E-state index contributed by atoms with van der Waals surface area (Å²) in [7, 11) is 0. The van der Waals surface area contributed by atoms with Crippen LogP contribution in [0.5, 0.6) is 0 Å². The number of thiazole rings is 1. The van der Waals surface area contributed by atoms with Gasteiger partial charge in [0, 0.05) is 17.4 Å². The van der Waals surface area contributed by atoms with Crippen LogP contribution in [-0.4, -0.2) is 15.2 Å². The molecule has 0 bridgehead atoms. The number of aromatic nitrogens is 3. The molecule has 2 aromatic heterocycles. The van der Waals surface area contributed by atoms with Gasteiger partial charge in [0.25, 0.3) is 0 Å². The van der Waals surface area contributed by atoms with Crippen molar-refractivity contribution in [2.24, 2.45) is 0 Å². The van der Waals surface area contributed by atoms with Gasteiger partial charge in [0.1, 0.15) is 5.01 Å². The number of benzene rings is 2. The Kier molecular flexibility index (Phi) is 5.20. The van der Waals surface area contributed by atoms with Crippen LogP contribution in [0.4, 0.5) is 0 Å². The second-order valence-corrected chi connectivity index (χ2v) is 8.83. The minimum atomic E-state index is 0.926. The highest BCUT2D eigenvalue weighted by Gasteiger charge is 2.10. The topological polar surface area (TPSA) is 38.7 Å². The van der Waals surface area contributed by atoms with Crippen molar-refractivity contribution in [2.75, 3.05) is 0 Å². The first-order chi connectivity index (χ1) is 12.4. The Morgan fingerprint density at radius 1 is 0.800 bits per heavy atom. The summed E-state index contributed by atoms with van der Waals surface area (Å²) in [4.78, 5) is 4.70. The third-order valence-corrected chi connectivity index (χ3v) is 6.62. The van der Waals surface area contributed by atoms with Gasteiger partial charge < -0.3 is 0 Å². The summed E-state index contributed by atoms with van der Waals surface area (Å²) in [6, 6.07) is 20.7. The summed E-state index contributed by atoms with van der Waals surface area (Å²) in [6.07, 6.45) is 1.92. The van der Waals surface area contributed by atoms with Gasteiger partial charge in [-0.1, -0.05) is 72.0 Å². The first kappa shape index (κ1) is 16.4. The predicted molar refractivity (Wildman–Crippen MR) is 105 cm³/mol. The third-order valence-electron chi connectivity index (χ3n) is 3.65.